The first-order valence-electron chi connectivity index (χ1n) is 47.8. The average Bonchev–Trinajstić information content (AvgIpc) is 1.62. The van der Waals surface area contributed by atoms with E-state index in [1.807, 2.05) is 193 Å². The molecule has 4 aliphatic rings. The summed E-state index contributed by atoms with van der Waals surface area (Å²) in [6, 6.07) is 139. The van der Waals surface area contributed by atoms with Gasteiger partial charge >= 0.3 is 54.3 Å². The summed E-state index contributed by atoms with van der Waals surface area (Å²) in [6.07, 6.45) is 7.05. The number of benzene rings is 14. The molecule has 0 unspecified atom stereocenters. The monoisotopic (exact) mass is 2210 g/mol. The Hall–Kier alpha value is -13.8. The molecule has 2 saturated heterocycles. The number of ether oxygens (including phenoxy) is 2. The number of pyridine rings is 2. The summed E-state index contributed by atoms with van der Waals surface area (Å²) in [5, 5.41) is 26.7. The number of nitrogens with zero attached hydrogens (tertiary/aromatic N) is 8. The largest absolute Gasteiger partial charge is 0.0622 e. The minimum absolute atomic E-state index is 0.106. The Morgan fingerprint density at radius 3 is 1.06 bits per heavy atom. The van der Waals surface area contributed by atoms with E-state index in [-0.39, 0.29) is 53.2 Å². The zero-order valence-corrected chi connectivity index (χ0v) is 87.8. The standard InChI is InChI=1S/C42H35ClN4O4.C37H31BrClN3O4.2C18H15P.C5H6BNO2.2ClH.Pd/c43-35-14-12-30(13-15-35)39-25-34-23-33-24-36(45-19-21-46(22-20-45)42(49)50-28-29-7-2-1-3-8-29)16-17-38(33)47(41(48)40(34)51-39)27-32-9-4-5-11-37(32)31-10-6-18-44-26-31;38-32-9-5-4-8-27(32)23-42-33-15-14-31(40-16-18-41(19-17-40)37(44)45-24-25-6-2-1-3-7-25)21-28(33)20-29-22-34(46-35(29)36(42)43)26-10-12-30(39)13-11-26;2*1-4-10-16(11-5-1)19(17-12-6-2-7-13-17)18-14-8-3-9-15-18;8-6(9)5-2-1-3-7-4-5;;;/h1-18,24-26H,19-23,27-28H2;1-15,21-22H,16-20,23-24H2;2*1-15H;1-4,8-9H;2*1H;/q;;;;;;;+2/p-2. The molecule has 740 valence electrons. The van der Waals surface area contributed by atoms with Crippen LogP contribution in [0.15, 0.2) is 451 Å². The molecule has 2 fully saturated rings. The topological polar surface area (TPSA) is 199 Å². The van der Waals surface area contributed by atoms with E-state index >= 15 is 0 Å². The van der Waals surface area contributed by atoms with Gasteiger partial charge in [-0.25, -0.2) is 9.59 Å². The third-order valence-corrected chi connectivity index (χ3v) is 31.3. The summed E-state index contributed by atoms with van der Waals surface area (Å²) < 4.78 is 24.7. The molecule has 0 bridgehead atoms. The minimum Gasteiger partial charge on any atom is -0.0622 e. The van der Waals surface area contributed by atoms with Gasteiger partial charge in [0, 0.05) is 161 Å². The normalized spacial score (nSPS) is 12.9. The van der Waals surface area contributed by atoms with E-state index in [2.05, 4.69) is 254 Å². The van der Waals surface area contributed by atoms with Crippen molar-refractivity contribution < 1.29 is 63.5 Å². The summed E-state index contributed by atoms with van der Waals surface area (Å²) in [5.41, 5.74) is 15.6. The van der Waals surface area contributed by atoms with Gasteiger partial charge in [-0.2, -0.15) is 0 Å². The van der Waals surface area contributed by atoms with Gasteiger partial charge in [-0.15, -0.1) is 0 Å². The zero-order valence-electron chi connectivity index (χ0n) is 79.9. The minimum atomic E-state index is -1.40. The molecular formula is C120H102BBrCl4N8O10P2Pd. The van der Waals surface area contributed by atoms with Crippen LogP contribution >= 0.6 is 74.0 Å². The average molecular weight is 2220 g/mol. The zero-order chi connectivity index (χ0) is 102. The van der Waals surface area contributed by atoms with E-state index in [0.29, 0.717) is 117 Å². The van der Waals surface area contributed by atoms with Crippen LogP contribution in [0.2, 0.25) is 10.0 Å². The van der Waals surface area contributed by atoms with E-state index in [0.717, 1.165) is 94.0 Å². The number of amides is 4. The van der Waals surface area contributed by atoms with E-state index in [1.165, 1.54) is 38.0 Å². The van der Waals surface area contributed by atoms with Crippen molar-refractivity contribution in [1.29, 1.82) is 0 Å². The summed E-state index contributed by atoms with van der Waals surface area (Å²) in [5.74, 6) is 1.55. The predicted octanol–water partition coefficient (Wildman–Crippen LogP) is 24.5. The van der Waals surface area contributed by atoms with Gasteiger partial charge in [0.05, 0.1) is 13.1 Å². The number of carbonyl (C=O) groups excluding carboxylic acids is 4. The van der Waals surface area contributed by atoms with Crippen molar-refractivity contribution in [3.05, 3.63) is 508 Å². The van der Waals surface area contributed by atoms with Gasteiger partial charge in [0.25, 0.3) is 11.8 Å². The Kier molecular flexibility index (Phi) is 37.3. The predicted molar refractivity (Wildman–Crippen MR) is 599 cm³/mol. The van der Waals surface area contributed by atoms with Crippen LogP contribution in [-0.2, 0) is 64.6 Å². The smallest absolute Gasteiger partial charge is 0.0134 e. The maximum atomic E-state index is 14.5. The van der Waals surface area contributed by atoms with Crippen LogP contribution in [0.5, 0.6) is 0 Å². The van der Waals surface area contributed by atoms with Crippen molar-refractivity contribution in [2.45, 2.75) is 39.1 Å². The number of fused-ring (bicyclic) bond motifs is 4. The molecule has 4 aliphatic heterocycles. The van der Waals surface area contributed by atoms with Gasteiger partial charge in [-0.3, -0.25) is 19.6 Å². The van der Waals surface area contributed by atoms with Crippen LogP contribution < -0.4 is 56.9 Å². The maximum Gasteiger partial charge on any atom is -0.0134 e. The van der Waals surface area contributed by atoms with Crippen molar-refractivity contribution in [2.75, 3.05) is 72.0 Å². The van der Waals surface area contributed by atoms with E-state index in [9.17, 15) is 19.2 Å². The third-order valence-electron chi connectivity index (χ3n) is 25.1. The second kappa shape index (κ2) is 52.5. The van der Waals surface area contributed by atoms with Crippen molar-refractivity contribution >= 4 is 165 Å². The maximum absolute atomic E-state index is 14.5. The van der Waals surface area contributed by atoms with Crippen LogP contribution in [0.4, 0.5) is 32.3 Å². The number of halogens is 5. The SMILES string of the molecule is O=C(OCc1ccccc1)N1CCN(c2ccc3c(c2)Cc2cc(-c4ccc(Cl)cc4)oc2C(=O)N3Cc2ccccc2-c2cccnc2)CC1.O=C(OCc1ccccc1)N1CCN(c2ccc3c(c2)Cc2cc(-c4ccc(Cl)cc4)oc2C(=O)N3Cc2ccccc2Br)CC1.OB(O)c1cccnc1.[Cl][Pd][Cl].c1ccc(P(c2ccccc2)c2ccccc2)cc1.c1ccc(P(c2ccccc2)c2ccccc2)cc1. The molecule has 8 heterocycles. The van der Waals surface area contributed by atoms with Gasteiger partial charge in [0.1, 0.15) is 24.7 Å². The molecule has 0 saturated carbocycles. The molecular weight excluding hydrogens is 2110 g/mol. The quantitative estimate of drug-likeness (QED) is 0.0539. The van der Waals surface area contributed by atoms with Crippen LogP contribution in [0.3, 0.4) is 0 Å². The molecule has 4 aromatic heterocycles. The van der Waals surface area contributed by atoms with Gasteiger partial charge in [0.15, 0.2) is 11.5 Å². The summed E-state index contributed by atoms with van der Waals surface area (Å²) >= 11 is 15.8. The number of piperazine rings is 2. The Morgan fingerprint density at radius 1 is 0.374 bits per heavy atom. The van der Waals surface area contributed by atoms with Crippen LogP contribution in [0, 0.1) is 0 Å². The van der Waals surface area contributed by atoms with Crippen LogP contribution in [-0.4, -0.2) is 113 Å². The molecule has 147 heavy (non-hydrogen) atoms. The van der Waals surface area contributed by atoms with Gasteiger partial charge < -0.3 is 57.8 Å². The van der Waals surface area contributed by atoms with E-state index in [1.54, 1.807) is 39.2 Å². The van der Waals surface area contributed by atoms with Crippen molar-refractivity contribution in [3.8, 4) is 33.8 Å². The Morgan fingerprint density at radius 2 is 0.714 bits per heavy atom. The number of hydrogen-bond donors (Lipinski definition) is 2. The Balaban J connectivity index is 0.000000138. The summed E-state index contributed by atoms with van der Waals surface area (Å²) in [6.45, 7) is 6.15. The number of anilines is 4. The molecule has 18 aromatic rings. The first-order valence-corrected chi connectivity index (χ1v) is 56.1. The molecule has 0 atom stereocenters. The van der Waals surface area contributed by atoms with E-state index in [4.69, 9.17) is 70.6 Å². The number of carbonyl (C=O) groups is 4. The van der Waals surface area contributed by atoms with Crippen molar-refractivity contribution in [2.24, 2.45) is 0 Å². The Bertz CT molecular complexity index is 7020. The van der Waals surface area contributed by atoms with Gasteiger partial charge in [-0.1, -0.05) is 336 Å². The first-order chi connectivity index (χ1) is 72.0. The fourth-order valence-electron chi connectivity index (χ4n) is 17.8. The summed E-state index contributed by atoms with van der Waals surface area (Å²) in [7, 11) is 7.33. The van der Waals surface area contributed by atoms with Crippen LogP contribution in [0.25, 0.3) is 33.8 Å². The van der Waals surface area contributed by atoms with Crippen molar-refractivity contribution in [1.82, 2.24) is 19.8 Å². The number of rotatable bonds is 20. The van der Waals surface area contributed by atoms with Gasteiger partial charge in [0.2, 0.25) is 0 Å². The Labute approximate surface area is 893 Å². The first kappa shape index (κ1) is 105. The molecule has 14 aromatic carbocycles. The number of furan rings is 2. The third kappa shape index (κ3) is 27.7. The molecule has 4 amide bonds. The fourth-order valence-corrected chi connectivity index (χ4v) is 23.0. The second-order valence-corrected chi connectivity index (χ2v) is 43.1. The van der Waals surface area contributed by atoms with Crippen LogP contribution in [0.1, 0.15) is 65.6 Å². The molecule has 18 nitrogen and oxygen atoms in total. The second-order valence-electron chi connectivity index (χ2n) is 34.6. The molecule has 22 rings (SSSR count). The number of aromatic nitrogens is 2. The van der Waals surface area contributed by atoms with Gasteiger partial charge in [-0.05, 0) is 202 Å². The molecule has 0 spiro atoms. The summed E-state index contributed by atoms with van der Waals surface area (Å²) in [4.78, 5) is 74.0. The molecule has 0 radical (unpaired) electrons. The fraction of sp³-hybridized carbons (Fsp3) is 0.117. The molecule has 27 heteroatoms. The molecule has 2 N–H and O–H groups in total. The van der Waals surface area contributed by atoms with Crippen molar-refractivity contribution in [3.63, 3.8) is 0 Å². The molecule has 0 aliphatic carbocycles. The number of hydrogen-bond acceptors (Lipinski definition) is 14. The van der Waals surface area contributed by atoms with E-state index < -0.39 is 23.0 Å².